The summed E-state index contributed by atoms with van der Waals surface area (Å²) in [5.41, 5.74) is 2.54. The zero-order chi connectivity index (χ0) is 24.6. The lowest BCUT2D eigenvalue weighted by atomic mass is 9.92. The van der Waals surface area contributed by atoms with Gasteiger partial charge in [0.05, 0.1) is 12.5 Å². The van der Waals surface area contributed by atoms with Crippen LogP contribution in [0.2, 0.25) is 0 Å². The molecular weight excluding hydrogens is 440 g/mol. The molecule has 1 aliphatic rings. The fourth-order valence-electron chi connectivity index (χ4n) is 3.85. The molecule has 1 aliphatic heterocycles. The lowest BCUT2D eigenvalue weighted by Gasteiger charge is -2.45. The number of esters is 1. The SMILES string of the molecule is C=C(C(=O)OCc1ccccc1)N1C(=O)[C@@H](NC(=O)Cc2ccccc2)[C@H]1/C=C/c1ccccc1. The highest BCUT2D eigenvalue weighted by Crippen LogP contribution is 2.27. The number of likely N-dealkylation sites (tertiary alicyclic amines) is 1. The van der Waals surface area contributed by atoms with Crippen LogP contribution in [0, 0.1) is 0 Å². The third-order valence-electron chi connectivity index (χ3n) is 5.69. The van der Waals surface area contributed by atoms with Gasteiger partial charge < -0.3 is 10.1 Å². The van der Waals surface area contributed by atoms with E-state index in [4.69, 9.17) is 4.74 Å². The Kier molecular flexibility index (Phi) is 7.53. The van der Waals surface area contributed by atoms with E-state index >= 15 is 0 Å². The van der Waals surface area contributed by atoms with Crippen molar-refractivity contribution in [1.82, 2.24) is 10.2 Å². The summed E-state index contributed by atoms with van der Waals surface area (Å²) in [6.45, 7) is 3.88. The summed E-state index contributed by atoms with van der Waals surface area (Å²) in [5.74, 6) is -1.37. The van der Waals surface area contributed by atoms with Crippen LogP contribution in [-0.4, -0.2) is 34.8 Å². The molecule has 0 saturated carbocycles. The van der Waals surface area contributed by atoms with Crippen LogP contribution < -0.4 is 5.32 Å². The van der Waals surface area contributed by atoms with E-state index in [0.717, 1.165) is 16.7 Å². The summed E-state index contributed by atoms with van der Waals surface area (Å²) in [4.78, 5) is 39.6. The van der Waals surface area contributed by atoms with Crippen LogP contribution in [0.4, 0.5) is 0 Å². The molecule has 6 nitrogen and oxygen atoms in total. The van der Waals surface area contributed by atoms with Gasteiger partial charge in [-0.25, -0.2) is 4.79 Å². The molecule has 0 radical (unpaired) electrons. The molecule has 0 aliphatic carbocycles. The summed E-state index contributed by atoms with van der Waals surface area (Å²) in [7, 11) is 0. The van der Waals surface area contributed by atoms with Crippen molar-refractivity contribution in [2.45, 2.75) is 25.1 Å². The summed E-state index contributed by atoms with van der Waals surface area (Å²) in [6, 6.07) is 26.8. The second-order valence-electron chi connectivity index (χ2n) is 8.18. The Hall–Kier alpha value is -4.45. The molecule has 4 rings (SSSR count). The van der Waals surface area contributed by atoms with Gasteiger partial charge in [-0.2, -0.15) is 0 Å². The van der Waals surface area contributed by atoms with Crippen molar-refractivity contribution < 1.29 is 19.1 Å². The van der Waals surface area contributed by atoms with Gasteiger partial charge in [0.25, 0.3) is 5.91 Å². The number of carbonyl (C=O) groups is 3. The maximum Gasteiger partial charge on any atom is 0.354 e. The summed E-state index contributed by atoms with van der Waals surface area (Å²) < 4.78 is 5.36. The van der Waals surface area contributed by atoms with Gasteiger partial charge in [-0.3, -0.25) is 14.5 Å². The van der Waals surface area contributed by atoms with Gasteiger partial charge in [0.2, 0.25) is 5.91 Å². The van der Waals surface area contributed by atoms with Crippen LogP contribution >= 0.6 is 0 Å². The van der Waals surface area contributed by atoms with Crippen molar-refractivity contribution in [3.05, 3.63) is 126 Å². The fourth-order valence-corrected chi connectivity index (χ4v) is 3.85. The predicted molar refractivity (Wildman–Crippen MR) is 134 cm³/mol. The highest BCUT2D eigenvalue weighted by molar-refractivity contribution is 6.01. The van der Waals surface area contributed by atoms with E-state index in [0.29, 0.717) is 0 Å². The number of amides is 2. The monoisotopic (exact) mass is 466 g/mol. The molecule has 176 valence electrons. The standard InChI is InChI=1S/C29H26N2O4/c1-21(29(34)35-20-24-15-9-4-10-16-24)31-25(18-17-22-11-5-2-6-12-22)27(28(31)33)30-26(32)19-23-13-7-3-8-14-23/h2-18,25,27H,1,19-20H2,(H,30,32)/b18-17+/t25-,27+/m1/s1. The quantitative estimate of drug-likeness (QED) is 0.295. The first-order valence-electron chi connectivity index (χ1n) is 11.3. The molecule has 0 unspecified atom stereocenters. The van der Waals surface area contributed by atoms with Crippen molar-refractivity contribution in [2.75, 3.05) is 0 Å². The molecule has 6 heteroatoms. The number of nitrogens with zero attached hydrogens (tertiary/aromatic N) is 1. The first-order chi connectivity index (χ1) is 17.0. The molecule has 2 atom stereocenters. The first kappa shape index (κ1) is 23.7. The molecule has 2 amide bonds. The Labute approximate surface area is 204 Å². The fraction of sp³-hybridized carbons (Fsp3) is 0.138. The molecule has 1 saturated heterocycles. The Morgan fingerprint density at radius 2 is 1.46 bits per heavy atom. The molecule has 1 fully saturated rings. The second kappa shape index (κ2) is 11.1. The van der Waals surface area contributed by atoms with Gasteiger partial charge in [-0.15, -0.1) is 0 Å². The number of ether oxygens (including phenoxy) is 1. The maximum atomic E-state index is 13.0. The molecule has 3 aromatic carbocycles. The van der Waals surface area contributed by atoms with Gasteiger partial charge in [-0.1, -0.05) is 110 Å². The van der Waals surface area contributed by atoms with E-state index in [9.17, 15) is 14.4 Å². The van der Waals surface area contributed by atoms with Crippen molar-refractivity contribution in [2.24, 2.45) is 0 Å². The lowest BCUT2D eigenvalue weighted by Crippen LogP contribution is -2.70. The Morgan fingerprint density at radius 3 is 2.09 bits per heavy atom. The van der Waals surface area contributed by atoms with Crippen molar-refractivity contribution in [3.8, 4) is 0 Å². The van der Waals surface area contributed by atoms with Gasteiger partial charge in [0.1, 0.15) is 18.3 Å². The van der Waals surface area contributed by atoms with E-state index in [-0.39, 0.29) is 24.6 Å². The van der Waals surface area contributed by atoms with Crippen molar-refractivity contribution >= 4 is 23.9 Å². The van der Waals surface area contributed by atoms with Crippen LogP contribution in [0.1, 0.15) is 16.7 Å². The van der Waals surface area contributed by atoms with Crippen molar-refractivity contribution in [1.29, 1.82) is 0 Å². The van der Waals surface area contributed by atoms with E-state index in [1.807, 2.05) is 97.1 Å². The average molecular weight is 467 g/mol. The maximum absolute atomic E-state index is 13.0. The number of β-lactam (4-membered cyclic amide) rings is 1. The highest BCUT2D eigenvalue weighted by Gasteiger charge is 2.49. The minimum absolute atomic E-state index is 0.0674. The highest BCUT2D eigenvalue weighted by atomic mass is 16.5. The van der Waals surface area contributed by atoms with Crippen molar-refractivity contribution in [3.63, 3.8) is 0 Å². The van der Waals surface area contributed by atoms with E-state index < -0.39 is 24.0 Å². The lowest BCUT2D eigenvalue weighted by molar-refractivity contribution is -0.154. The number of hydrogen-bond donors (Lipinski definition) is 1. The third kappa shape index (κ3) is 5.92. The molecular formula is C29H26N2O4. The van der Waals surface area contributed by atoms with Gasteiger partial charge in [0.15, 0.2) is 0 Å². The van der Waals surface area contributed by atoms with E-state index in [2.05, 4.69) is 11.9 Å². The molecule has 1 heterocycles. The molecule has 35 heavy (non-hydrogen) atoms. The van der Waals surface area contributed by atoms with Crippen LogP contribution in [0.15, 0.2) is 109 Å². The normalized spacial score (nSPS) is 17.0. The largest absolute Gasteiger partial charge is 0.456 e. The summed E-state index contributed by atoms with van der Waals surface area (Å²) >= 11 is 0. The van der Waals surface area contributed by atoms with Crippen LogP contribution in [0.25, 0.3) is 6.08 Å². The van der Waals surface area contributed by atoms with Gasteiger partial charge >= 0.3 is 5.97 Å². The topological polar surface area (TPSA) is 75.7 Å². The Balaban J connectivity index is 1.46. The number of carbonyl (C=O) groups excluding carboxylic acids is 3. The van der Waals surface area contributed by atoms with E-state index in [1.165, 1.54) is 4.90 Å². The zero-order valence-electron chi connectivity index (χ0n) is 19.2. The number of rotatable bonds is 9. The molecule has 1 N–H and O–H groups in total. The second-order valence-corrected chi connectivity index (χ2v) is 8.18. The van der Waals surface area contributed by atoms with E-state index in [1.54, 1.807) is 6.08 Å². The van der Waals surface area contributed by atoms with Crippen LogP contribution in [-0.2, 0) is 32.1 Å². The number of nitrogens with one attached hydrogen (secondary N) is 1. The Morgan fingerprint density at radius 1 is 0.886 bits per heavy atom. The minimum Gasteiger partial charge on any atom is -0.456 e. The summed E-state index contributed by atoms with van der Waals surface area (Å²) in [6.07, 6.45) is 3.79. The number of hydrogen-bond acceptors (Lipinski definition) is 4. The minimum atomic E-state index is -0.801. The zero-order valence-corrected chi connectivity index (χ0v) is 19.2. The molecule has 0 bridgehead atoms. The average Bonchev–Trinajstić information content (AvgIpc) is 2.89. The van der Waals surface area contributed by atoms with Gasteiger partial charge in [-0.05, 0) is 16.7 Å². The van der Waals surface area contributed by atoms with Crippen LogP contribution in [0.5, 0.6) is 0 Å². The predicted octanol–water partition coefficient (Wildman–Crippen LogP) is 3.90. The Bertz CT molecular complexity index is 1220. The smallest absolute Gasteiger partial charge is 0.354 e. The molecule has 0 aromatic heterocycles. The van der Waals surface area contributed by atoms with Crippen LogP contribution in [0.3, 0.4) is 0 Å². The first-order valence-corrected chi connectivity index (χ1v) is 11.3. The summed E-state index contributed by atoms with van der Waals surface area (Å²) in [5, 5.41) is 2.81. The number of benzene rings is 3. The molecule has 3 aromatic rings. The third-order valence-corrected chi connectivity index (χ3v) is 5.69. The van der Waals surface area contributed by atoms with Gasteiger partial charge in [0, 0.05) is 0 Å². The molecule has 0 spiro atoms.